The third-order valence-electron chi connectivity index (χ3n) is 5.00. The lowest BCUT2D eigenvalue weighted by Crippen LogP contribution is -2.19. The van der Waals surface area contributed by atoms with Crippen molar-refractivity contribution in [1.82, 2.24) is 4.57 Å². The Morgan fingerprint density at radius 1 is 1.23 bits per heavy atom. The molecular formula is C18H21N3O5. The molecule has 1 fully saturated rings. The first-order valence-electron chi connectivity index (χ1n) is 8.87. The van der Waals surface area contributed by atoms with Gasteiger partial charge in [-0.25, -0.2) is 0 Å². The molecule has 1 aromatic heterocycles. The van der Waals surface area contributed by atoms with Crippen LogP contribution in [0.3, 0.4) is 0 Å². The number of rotatable bonds is 3. The number of aliphatic imine (C=N–C) groups is 1. The molecule has 0 amide bonds. The molecule has 0 bridgehead atoms. The van der Waals surface area contributed by atoms with Crippen molar-refractivity contribution in [3.05, 3.63) is 33.9 Å². The normalized spacial score (nSPS) is 19.3. The summed E-state index contributed by atoms with van der Waals surface area (Å²) in [5.74, 6) is 0.108. The fraction of sp³-hybridized carbons (Fsp3) is 0.500. The van der Waals surface area contributed by atoms with E-state index >= 15 is 0 Å². The Hall–Kier alpha value is -2.45. The molecule has 0 spiro atoms. The Bertz CT molecular complexity index is 867. The lowest BCUT2D eigenvalue weighted by Gasteiger charge is -2.25. The van der Waals surface area contributed by atoms with Crippen LogP contribution in [0.5, 0.6) is 5.88 Å². The van der Waals surface area contributed by atoms with Gasteiger partial charge in [0, 0.05) is 49.9 Å². The molecule has 3 heterocycles. The summed E-state index contributed by atoms with van der Waals surface area (Å²) in [7, 11) is 0. The number of hydrogen-bond donors (Lipinski definition) is 1. The average Bonchev–Trinajstić information content (AvgIpc) is 2.80. The number of nitrogens with zero attached hydrogens (tertiary/aromatic N) is 3. The molecule has 1 aromatic carbocycles. The molecule has 26 heavy (non-hydrogen) atoms. The largest absolute Gasteiger partial charge is 0.494 e. The van der Waals surface area contributed by atoms with Crippen LogP contribution in [0.2, 0.25) is 0 Å². The highest BCUT2D eigenvalue weighted by atomic mass is 16.6. The summed E-state index contributed by atoms with van der Waals surface area (Å²) in [5, 5.41) is 22.9. The zero-order chi connectivity index (χ0) is 18.1. The summed E-state index contributed by atoms with van der Waals surface area (Å²) < 4.78 is 12.9. The first-order chi connectivity index (χ1) is 12.7. The van der Waals surface area contributed by atoms with E-state index < -0.39 is 4.92 Å². The predicted octanol–water partition coefficient (Wildman–Crippen LogP) is 2.82. The van der Waals surface area contributed by atoms with Gasteiger partial charge in [0.05, 0.1) is 28.3 Å². The van der Waals surface area contributed by atoms with Gasteiger partial charge in [-0.1, -0.05) is 0 Å². The van der Waals surface area contributed by atoms with Crippen molar-refractivity contribution >= 4 is 22.3 Å². The number of nitro benzene ring substituents is 1. The van der Waals surface area contributed by atoms with Gasteiger partial charge in [0.1, 0.15) is 0 Å². The van der Waals surface area contributed by atoms with Gasteiger partial charge in [0.15, 0.2) is 0 Å². The number of aromatic hydroxyl groups is 1. The van der Waals surface area contributed by atoms with Gasteiger partial charge in [-0.15, -0.1) is 0 Å². The maximum absolute atomic E-state index is 11.2. The van der Waals surface area contributed by atoms with E-state index in [1.54, 1.807) is 6.07 Å². The Kier molecular flexibility index (Phi) is 4.60. The number of aromatic nitrogens is 1. The molecule has 0 radical (unpaired) electrons. The van der Waals surface area contributed by atoms with E-state index in [-0.39, 0.29) is 17.6 Å². The van der Waals surface area contributed by atoms with Gasteiger partial charge in [-0.05, 0) is 25.3 Å². The molecule has 2 aromatic rings. The molecule has 1 saturated heterocycles. The smallest absolute Gasteiger partial charge is 0.270 e. The number of fused-ring (bicyclic) bond motifs is 1. The van der Waals surface area contributed by atoms with Gasteiger partial charge in [0.2, 0.25) is 5.88 Å². The van der Waals surface area contributed by atoms with E-state index in [4.69, 9.17) is 9.47 Å². The molecule has 138 valence electrons. The molecule has 2 aliphatic heterocycles. The van der Waals surface area contributed by atoms with Gasteiger partial charge >= 0.3 is 0 Å². The van der Waals surface area contributed by atoms with Crippen molar-refractivity contribution in [3.8, 4) is 5.88 Å². The van der Waals surface area contributed by atoms with Crippen molar-refractivity contribution in [3.63, 3.8) is 0 Å². The first-order valence-corrected chi connectivity index (χ1v) is 8.87. The number of hydrogen-bond acceptors (Lipinski definition) is 6. The Labute approximate surface area is 150 Å². The van der Waals surface area contributed by atoms with E-state index in [0.717, 1.165) is 24.8 Å². The molecule has 4 rings (SSSR count). The minimum absolute atomic E-state index is 0.00184. The zero-order valence-electron chi connectivity index (χ0n) is 14.4. The Balaban J connectivity index is 1.92. The number of benzene rings is 1. The Morgan fingerprint density at radius 2 is 2.04 bits per heavy atom. The van der Waals surface area contributed by atoms with E-state index in [1.807, 2.05) is 4.57 Å². The molecule has 2 aliphatic rings. The quantitative estimate of drug-likeness (QED) is 0.671. The van der Waals surface area contributed by atoms with Crippen LogP contribution in [0.4, 0.5) is 5.69 Å². The molecule has 0 saturated carbocycles. The van der Waals surface area contributed by atoms with Gasteiger partial charge in [-0.2, -0.15) is 0 Å². The third kappa shape index (κ3) is 2.95. The fourth-order valence-corrected chi connectivity index (χ4v) is 3.75. The highest BCUT2D eigenvalue weighted by Gasteiger charge is 2.28. The third-order valence-corrected chi connectivity index (χ3v) is 5.00. The SMILES string of the molecule is O=[N+]([O-])c1ccc2c(c1)c(C1=NCCCOC1)c(O)n2C1CCOCC1. The fourth-order valence-electron chi connectivity index (χ4n) is 3.75. The second kappa shape index (κ2) is 7.05. The zero-order valence-corrected chi connectivity index (χ0v) is 14.4. The van der Waals surface area contributed by atoms with E-state index in [2.05, 4.69) is 4.99 Å². The maximum Gasteiger partial charge on any atom is 0.270 e. The summed E-state index contributed by atoms with van der Waals surface area (Å²) in [6.07, 6.45) is 2.40. The second-order valence-corrected chi connectivity index (χ2v) is 6.61. The van der Waals surface area contributed by atoms with Crippen LogP contribution in [-0.4, -0.2) is 53.3 Å². The van der Waals surface area contributed by atoms with Crippen molar-refractivity contribution in [1.29, 1.82) is 0 Å². The molecule has 8 nitrogen and oxygen atoms in total. The van der Waals surface area contributed by atoms with Crippen LogP contribution in [0.1, 0.15) is 30.9 Å². The number of non-ortho nitro benzene ring substituents is 1. The van der Waals surface area contributed by atoms with E-state index in [0.29, 0.717) is 49.6 Å². The molecule has 0 atom stereocenters. The predicted molar refractivity (Wildman–Crippen MR) is 96.2 cm³/mol. The highest BCUT2D eigenvalue weighted by Crippen LogP contribution is 2.39. The summed E-state index contributed by atoms with van der Waals surface area (Å²) in [4.78, 5) is 15.4. The van der Waals surface area contributed by atoms with Gasteiger partial charge < -0.3 is 19.1 Å². The number of nitro groups is 1. The van der Waals surface area contributed by atoms with E-state index in [1.165, 1.54) is 12.1 Å². The molecule has 1 N–H and O–H groups in total. The van der Waals surface area contributed by atoms with Crippen LogP contribution < -0.4 is 0 Å². The second-order valence-electron chi connectivity index (χ2n) is 6.61. The van der Waals surface area contributed by atoms with Crippen molar-refractivity contribution in [2.24, 2.45) is 4.99 Å². The standard InChI is InChI=1S/C18H21N3O5/c22-18-17(15-11-26-7-1-6-19-15)14-10-13(21(23)24)2-3-16(14)20(18)12-4-8-25-9-5-12/h2-3,10,12,22H,1,4-9,11H2. The minimum atomic E-state index is -0.419. The van der Waals surface area contributed by atoms with Crippen LogP contribution in [-0.2, 0) is 9.47 Å². The average molecular weight is 359 g/mol. The summed E-state index contributed by atoms with van der Waals surface area (Å²) in [5.41, 5.74) is 1.98. The molecule has 0 aliphatic carbocycles. The molecule has 0 unspecified atom stereocenters. The van der Waals surface area contributed by atoms with Crippen LogP contribution in [0.25, 0.3) is 10.9 Å². The van der Waals surface area contributed by atoms with Crippen LogP contribution in [0, 0.1) is 10.1 Å². The monoisotopic (exact) mass is 359 g/mol. The first kappa shape index (κ1) is 17.0. The summed E-state index contributed by atoms with van der Waals surface area (Å²) in [6, 6.07) is 4.80. The van der Waals surface area contributed by atoms with Crippen molar-refractivity contribution < 1.29 is 19.5 Å². The lowest BCUT2D eigenvalue weighted by molar-refractivity contribution is -0.384. The Morgan fingerprint density at radius 3 is 2.81 bits per heavy atom. The van der Waals surface area contributed by atoms with Crippen molar-refractivity contribution in [2.45, 2.75) is 25.3 Å². The number of ether oxygens (including phenoxy) is 2. The highest BCUT2D eigenvalue weighted by molar-refractivity contribution is 6.14. The van der Waals surface area contributed by atoms with Crippen molar-refractivity contribution in [2.75, 3.05) is 33.0 Å². The van der Waals surface area contributed by atoms with Gasteiger partial charge in [-0.3, -0.25) is 15.1 Å². The van der Waals surface area contributed by atoms with E-state index in [9.17, 15) is 15.2 Å². The maximum atomic E-state index is 11.2. The lowest BCUT2D eigenvalue weighted by atomic mass is 10.1. The van der Waals surface area contributed by atoms with Crippen LogP contribution >= 0.6 is 0 Å². The minimum Gasteiger partial charge on any atom is -0.494 e. The summed E-state index contributed by atoms with van der Waals surface area (Å²) >= 11 is 0. The molecule has 8 heteroatoms. The summed E-state index contributed by atoms with van der Waals surface area (Å²) in [6.45, 7) is 2.80. The van der Waals surface area contributed by atoms with Crippen LogP contribution in [0.15, 0.2) is 23.2 Å². The topological polar surface area (TPSA) is 99.1 Å². The van der Waals surface area contributed by atoms with Gasteiger partial charge in [0.25, 0.3) is 5.69 Å². The molecular weight excluding hydrogens is 338 g/mol.